The summed E-state index contributed by atoms with van der Waals surface area (Å²) in [5, 5.41) is 18.4. The van der Waals surface area contributed by atoms with E-state index in [-0.39, 0.29) is 31.5 Å². The lowest BCUT2D eigenvalue weighted by Crippen LogP contribution is -2.37. The molecule has 2 aromatic carbocycles. The van der Waals surface area contributed by atoms with Crippen LogP contribution in [-0.4, -0.2) is 41.8 Å². The first-order valence-corrected chi connectivity index (χ1v) is 7.79. The van der Waals surface area contributed by atoms with Crippen molar-refractivity contribution in [3.05, 3.63) is 54.1 Å². The minimum Gasteiger partial charge on any atom is -0.395 e. The molecule has 0 fully saturated rings. The number of aliphatic hydroxyl groups is 1. The molecule has 0 spiro atoms. The number of carbonyl (C=O) groups excluding carboxylic acids is 2. The van der Waals surface area contributed by atoms with Gasteiger partial charge in [-0.25, -0.2) is 0 Å². The number of amides is 2. The van der Waals surface area contributed by atoms with E-state index < -0.39 is 0 Å². The van der Waals surface area contributed by atoms with Crippen LogP contribution in [0.15, 0.2) is 53.1 Å². The van der Waals surface area contributed by atoms with Crippen LogP contribution in [0.25, 0.3) is 22.2 Å². The van der Waals surface area contributed by atoms with Crippen molar-refractivity contribution < 1.29 is 19.2 Å². The minimum atomic E-state index is -0.374. The molecule has 0 aliphatic carbocycles. The highest BCUT2D eigenvalue weighted by Gasteiger charge is 2.14. The van der Waals surface area contributed by atoms with Crippen LogP contribution >= 0.6 is 0 Å². The summed E-state index contributed by atoms with van der Waals surface area (Å²) in [7, 11) is 0. The number of aliphatic hydroxyl groups excluding tert-OH is 1. The van der Waals surface area contributed by atoms with E-state index in [0.717, 1.165) is 10.9 Å². The third-order valence-corrected chi connectivity index (χ3v) is 3.62. The summed E-state index contributed by atoms with van der Waals surface area (Å²) in [5.41, 5.74) is 1.92. The molecule has 0 bridgehead atoms. The molecule has 3 aromatic rings. The molecule has 0 saturated heterocycles. The SMILES string of the molecule is O=C(CNC(=O)c1ccc2noc(-c3ccccc3)c2c1)NCCO. The highest BCUT2D eigenvalue weighted by Crippen LogP contribution is 2.29. The van der Waals surface area contributed by atoms with Gasteiger partial charge in [-0.3, -0.25) is 9.59 Å². The summed E-state index contributed by atoms with van der Waals surface area (Å²) >= 11 is 0. The Balaban J connectivity index is 1.79. The summed E-state index contributed by atoms with van der Waals surface area (Å²) in [6.45, 7) is -0.153. The number of fused-ring (bicyclic) bond motifs is 1. The predicted molar refractivity (Wildman–Crippen MR) is 91.9 cm³/mol. The molecule has 3 N–H and O–H groups in total. The van der Waals surface area contributed by atoms with Crippen molar-refractivity contribution in [2.45, 2.75) is 0 Å². The van der Waals surface area contributed by atoms with Gasteiger partial charge in [0.05, 0.1) is 18.5 Å². The van der Waals surface area contributed by atoms with Crippen LogP contribution in [0.1, 0.15) is 10.4 Å². The molecule has 0 radical (unpaired) electrons. The normalized spacial score (nSPS) is 10.6. The molecule has 1 heterocycles. The molecule has 0 aliphatic rings. The molecule has 3 rings (SSSR count). The van der Waals surface area contributed by atoms with Gasteiger partial charge >= 0.3 is 0 Å². The molecule has 0 atom stereocenters. The van der Waals surface area contributed by atoms with E-state index in [1.54, 1.807) is 18.2 Å². The first-order chi connectivity index (χ1) is 12.2. The molecule has 2 amide bonds. The van der Waals surface area contributed by atoms with E-state index in [2.05, 4.69) is 15.8 Å². The smallest absolute Gasteiger partial charge is 0.251 e. The third-order valence-electron chi connectivity index (χ3n) is 3.62. The molecular formula is C18H17N3O4. The van der Waals surface area contributed by atoms with Crippen LogP contribution in [-0.2, 0) is 4.79 Å². The average Bonchev–Trinajstić information content (AvgIpc) is 3.08. The fraction of sp³-hybridized carbons (Fsp3) is 0.167. The van der Waals surface area contributed by atoms with Gasteiger partial charge in [0.25, 0.3) is 5.91 Å². The fourth-order valence-corrected chi connectivity index (χ4v) is 2.40. The van der Waals surface area contributed by atoms with Gasteiger partial charge < -0.3 is 20.3 Å². The van der Waals surface area contributed by atoms with Crippen molar-refractivity contribution in [2.75, 3.05) is 19.7 Å². The van der Waals surface area contributed by atoms with E-state index in [4.69, 9.17) is 9.63 Å². The number of nitrogens with zero attached hydrogens (tertiary/aromatic N) is 1. The number of hydrogen-bond donors (Lipinski definition) is 3. The van der Waals surface area contributed by atoms with Crippen molar-refractivity contribution >= 4 is 22.7 Å². The van der Waals surface area contributed by atoms with E-state index in [0.29, 0.717) is 16.8 Å². The summed E-state index contributed by atoms with van der Waals surface area (Å²) in [6.07, 6.45) is 0. The number of benzene rings is 2. The Bertz CT molecular complexity index is 890. The van der Waals surface area contributed by atoms with Crippen LogP contribution in [0, 0.1) is 0 Å². The van der Waals surface area contributed by atoms with Gasteiger partial charge in [0.2, 0.25) is 5.91 Å². The highest BCUT2D eigenvalue weighted by atomic mass is 16.5. The van der Waals surface area contributed by atoms with Crippen molar-refractivity contribution in [3.8, 4) is 11.3 Å². The van der Waals surface area contributed by atoms with Gasteiger partial charge in [-0.2, -0.15) is 0 Å². The third kappa shape index (κ3) is 3.84. The largest absolute Gasteiger partial charge is 0.395 e. The topological polar surface area (TPSA) is 104 Å². The minimum absolute atomic E-state index is 0.147. The summed E-state index contributed by atoms with van der Waals surface area (Å²) in [5.74, 6) is -0.148. The number of hydrogen-bond acceptors (Lipinski definition) is 5. The second-order valence-electron chi connectivity index (χ2n) is 5.37. The first kappa shape index (κ1) is 16.7. The van der Waals surface area contributed by atoms with Gasteiger partial charge in [-0.1, -0.05) is 35.5 Å². The lowest BCUT2D eigenvalue weighted by atomic mass is 10.1. The monoisotopic (exact) mass is 339 g/mol. The second-order valence-corrected chi connectivity index (χ2v) is 5.37. The van der Waals surface area contributed by atoms with Crippen LogP contribution in [0.4, 0.5) is 0 Å². The molecule has 0 aliphatic heterocycles. The maximum atomic E-state index is 12.2. The predicted octanol–water partition coefficient (Wildman–Crippen LogP) is 1.33. The van der Waals surface area contributed by atoms with E-state index >= 15 is 0 Å². The van der Waals surface area contributed by atoms with Gasteiger partial charge in [0, 0.05) is 17.7 Å². The Morgan fingerprint density at radius 3 is 2.64 bits per heavy atom. The number of nitrogens with one attached hydrogen (secondary N) is 2. The average molecular weight is 339 g/mol. The molecule has 128 valence electrons. The maximum absolute atomic E-state index is 12.2. The van der Waals surface area contributed by atoms with Crippen molar-refractivity contribution in [1.29, 1.82) is 0 Å². The lowest BCUT2D eigenvalue weighted by molar-refractivity contribution is -0.120. The fourth-order valence-electron chi connectivity index (χ4n) is 2.40. The van der Waals surface area contributed by atoms with Gasteiger partial charge in [0.1, 0.15) is 5.52 Å². The molecule has 0 unspecified atom stereocenters. The zero-order valence-electron chi connectivity index (χ0n) is 13.4. The molecule has 7 nitrogen and oxygen atoms in total. The molecule has 0 saturated carbocycles. The van der Waals surface area contributed by atoms with Crippen LogP contribution in [0.2, 0.25) is 0 Å². The van der Waals surface area contributed by atoms with Crippen LogP contribution < -0.4 is 10.6 Å². The van der Waals surface area contributed by atoms with Crippen molar-refractivity contribution in [2.24, 2.45) is 0 Å². The number of carbonyl (C=O) groups is 2. The zero-order chi connectivity index (χ0) is 17.6. The first-order valence-electron chi connectivity index (χ1n) is 7.79. The number of aromatic nitrogens is 1. The Hall–Kier alpha value is -3.19. The Labute approximate surface area is 143 Å². The van der Waals surface area contributed by atoms with E-state index in [1.165, 1.54) is 0 Å². The van der Waals surface area contributed by atoms with Gasteiger partial charge in [-0.15, -0.1) is 0 Å². The summed E-state index contributed by atoms with van der Waals surface area (Å²) in [4.78, 5) is 23.7. The van der Waals surface area contributed by atoms with Gasteiger partial charge in [0.15, 0.2) is 5.76 Å². The molecule has 25 heavy (non-hydrogen) atoms. The Kier molecular flexibility index (Phi) is 5.06. The Morgan fingerprint density at radius 2 is 1.88 bits per heavy atom. The summed E-state index contributed by atoms with van der Waals surface area (Å²) < 4.78 is 5.41. The quantitative estimate of drug-likeness (QED) is 0.628. The van der Waals surface area contributed by atoms with Crippen LogP contribution in [0.3, 0.4) is 0 Å². The van der Waals surface area contributed by atoms with Crippen LogP contribution in [0.5, 0.6) is 0 Å². The van der Waals surface area contributed by atoms with Crippen molar-refractivity contribution in [1.82, 2.24) is 15.8 Å². The zero-order valence-corrected chi connectivity index (χ0v) is 13.4. The van der Waals surface area contributed by atoms with Crippen molar-refractivity contribution in [3.63, 3.8) is 0 Å². The number of rotatable bonds is 6. The summed E-state index contributed by atoms with van der Waals surface area (Å²) in [6, 6.07) is 14.5. The maximum Gasteiger partial charge on any atom is 0.251 e. The molecule has 1 aromatic heterocycles. The molecular weight excluding hydrogens is 322 g/mol. The lowest BCUT2D eigenvalue weighted by Gasteiger charge is -2.06. The highest BCUT2D eigenvalue weighted by molar-refractivity contribution is 6.01. The van der Waals surface area contributed by atoms with Gasteiger partial charge in [-0.05, 0) is 18.2 Å². The Morgan fingerprint density at radius 1 is 1.08 bits per heavy atom. The molecule has 7 heteroatoms. The second kappa shape index (κ2) is 7.59. The van der Waals surface area contributed by atoms with E-state index in [9.17, 15) is 9.59 Å². The standard InChI is InChI=1S/C18H17N3O4/c22-9-8-19-16(23)11-20-18(24)13-6-7-15-14(10-13)17(25-21-15)12-4-2-1-3-5-12/h1-7,10,22H,8-9,11H2,(H,19,23)(H,20,24). The van der Waals surface area contributed by atoms with E-state index in [1.807, 2.05) is 30.3 Å².